The summed E-state index contributed by atoms with van der Waals surface area (Å²) >= 11 is 0. The van der Waals surface area contributed by atoms with E-state index in [1.165, 1.54) is 6.07 Å². The van der Waals surface area contributed by atoms with Crippen molar-refractivity contribution >= 4 is 11.6 Å². The summed E-state index contributed by atoms with van der Waals surface area (Å²) in [5.74, 6) is -0.168. The van der Waals surface area contributed by atoms with Crippen LogP contribution in [-0.4, -0.2) is 31.2 Å². The molecule has 2 N–H and O–H groups in total. The molecule has 1 atom stereocenters. The molecule has 0 spiro atoms. The first-order chi connectivity index (χ1) is 9.93. The predicted molar refractivity (Wildman–Crippen MR) is 80.8 cm³/mol. The topological polar surface area (TPSA) is 52.6 Å². The summed E-state index contributed by atoms with van der Waals surface area (Å²) in [4.78, 5) is 13.8. The van der Waals surface area contributed by atoms with Crippen molar-refractivity contribution in [2.75, 3.05) is 25.0 Å². The van der Waals surface area contributed by atoms with E-state index in [9.17, 15) is 14.3 Å². The number of aliphatic hydroxyl groups is 1. The molecule has 5 heteroatoms. The monoisotopic (exact) mass is 294 g/mol. The van der Waals surface area contributed by atoms with Crippen molar-refractivity contribution in [2.45, 2.75) is 32.8 Å². The van der Waals surface area contributed by atoms with Gasteiger partial charge in [0.05, 0.1) is 6.10 Å². The lowest BCUT2D eigenvalue weighted by Crippen LogP contribution is -2.40. The van der Waals surface area contributed by atoms with E-state index in [4.69, 9.17) is 0 Å². The van der Waals surface area contributed by atoms with Crippen LogP contribution in [0.5, 0.6) is 0 Å². The smallest absolute Gasteiger partial charge is 0.222 e. The van der Waals surface area contributed by atoms with E-state index in [-0.39, 0.29) is 17.6 Å². The fraction of sp³-hybridized carbons (Fsp3) is 0.562. The number of piperidine rings is 1. The van der Waals surface area contributed by atoms with Crippen molar-refractivity contribution in [3.05, 3.63) is 29.1 Å². The fourth-order valence-electron chi connectivity index (χ4n) is 2.88. The molecule has 21 heavy (non-hydrogen) atoms. The highest BCUT2D eigenvalue weighted by Gasteiger charge is 2.26. The molecule has 0 unspecified atom stereocenters. The maximum atomic E-state index is 13.7. The fourth-order valence-corrected chi connectivity index (χ4v) is 2.88. The molecule has 1 aliphatic rings. The normalized spacial score (nSPS) is 17.7. The van der Waals surface area contributed by atoms with E-state index in [1.807, 2.05) is 0 Å². The second-order valence-corrected chi connectivity index (χ2v) is 5.71. The summed E-state index contributed by atoms with van der Waals surface area (Å²) in [7, 11) is 1.66. The van der Waals surface area contributed by atoms with Crippen LogP contribution in [0, 0.1) is 18.7 Å². The third kappa shape index (κ3) is 3.35. The number of aliphatic hydroxyl groups excluding tert-OH is 1. The van der Waals surface area contributed by atoms with Gasteiger partial charge in [-0.15, -0.1) is 0 Å². The lowest BCUT2D eigenvalue weighted by Gasteiger charge is -2.34. The zero-order chi connectivity index (χ0) is 15.6. The lowest BCUT2D eigenvalue weighted by molar-refractivity contribution is -0.125. The van der Waals surface area contributed by atoms with Crippen molar-refractivity contribution < 1.29 is 14.3 Å². The van der Waals surface area contributed by atoms with E-state index in [2.05, 4.69) is 10.2 Å². The van der Waals surface area contributed by atoms with Gasteiger partial charge in [-0.1, -0.05) is 0 Å². The van der Waals surface area contributed by atoms with Crippen molar-refractivity contribution in [1.82, 2.24) is 5.32 Å². The minimum Gasteiger partial charge on any atom is -0.389 e. The molecular formula is C16H23FN2O2. The third-order valence-corrected chi connectivity index (χ3v) is 4.21. The molecule has 0 saturated carbocycles. The summed E-state index contributed by atoms with van der Waals surface area (Å²) in [5.41, 5.74) is 2.05. The SMILES string of the molecule is CNC(=O)C1CCN(c2cc(C)c(F)cc2[C@@H](C)O)CC1. The van der Waals surface area contributed by atoms with Crippen molar-refractivity contribution in [2.24, 2.45) is 5.92 Å². The van der Waals surface area contributed by atoms with Crippen molar-refractivity contribution in [3.8, 4) is 0 Å². The molecule has 4 nitrogen and oxygen atoms in total. The van der Waals surface area contributed by atoms with Gasteiger partial charge >= 0.3 is 0 Å². The number of benzene rings is 1. The zero-order valence-corrected chi connectivity index (χ0v) is 12.8. The lowest BCUT2D eigenvalue weighted by atomic mass is 9.94. The second-order valence-electron chi connectivity index (χ2n) is 5.71. The Labute approximate surface area is 125 Å². The van der Waals surface area contributed by atoms with Crippen molar-refractivity contribution in [1.29, 1.82) is 0 Å². The van der Waals surface area contributed by atoms with Crippen LogP contribution in [0.4, 0.5) is 10.1 Å². The van der Waals surface area contributed by atoms with E-state index in [0.717, 1.165) is 31.6 Å². The Morgan fingerprint density at radius 2 is 2.05 bits per heavy atom. The molecule has 0 aliphatic carbocycles. The van der Waals surface area contributed by atoms with Crippen LogP contribution in [0.15, 0.2) is 12.1 Å². The first-order valence-corrected chi connectivity index (χ1v) is 7.38. The molecular weight excluding hydrogens is 271 g/mol. The van der Waals surface area contributed by atoms with Crippen LogP contribution in [-0.2, 0) is 4.79 Å². The summed E-state index contributed by atoms with van der Waals surface area (Å²) in [5, 5.41) is 12.6. The Bertz CT molecular complexity index is 523. The van der Waals surface area contributed by atoms with Crippen LogP contribution in [0.3, 0.4) is 0 Å². The van der Waals surface area contributed by atoms with Gasteiger partial charge in [-0.25, -0.2) is 4.39 Å². The van der Waals surface area contributed by atoms with Crippen LogP contribution < -0.4 is 10.2 Å². The zero-order valence-electron chi connectivity index (χ0n) is 12.8. The quantitative estimate of drug-likeness (QED) is 0.898. The van der Waals surface area contributed by atoms with Gasteiger partial charge in [0.25, 0.3) is 0 Å². The summed E-state index contributed by atoms with van der Waals surface area (Å²) in [6.07, 6.45) is 0.830. The first-order valence-electron chi connectivity index (χ1n) is 7.38. The number of amides is 1. The molecule has 0 radical (unpaired) electrons. The van der Waals surface area contributed by atoms with Gasteiger partial charge in [0.1, 0.15) is 5.82 Å². The van der Waals surface area contributed by atoms with E-state index >= 15 is 0 Å². The van der Waals surface area contributed by atoms with Gasteiger partial charge in [-0.3, -0.25) is 4.79 Å². The molecule has 1 aliphatic heterocycles. The van der Waals surface area contributed by atoms with Gasteiger partial charge in [0.15, 0.2) is 0 Å². The van der Waals surface area contributed by atoms with E-state index in [1.54, 1.807) is 27.0 Å². The Hall–Kier alpha value is -1.62. The Balaban J connectivity index is 2.20. The number of halogens is 1. The largest absolute Gasteiger partial charge is 0.389 e. The summed E-state index contributed by atoms with van der Waals surface area (Å²) in [6, 6.07) is 3.21. The number of hydrogen-bond acceptors (Lipinski definition) is 3. The van der Waals surface area contributed by atoms with Crippen LogP contribution in [0.1, 0.15) is 37.0 Å². The number of carbonyl (C=O) groups excluding carboxylic acids is 1. The molecule has 1 heterocycles. The molecule has 1 amide bonds. The minimum atomic E-state index is -0.716. The average molecular weight is 294 g/mol. The first kappa shape index (κ1) is 15.8. The third-order valence-electron chi connectivity index (χ3n) is 4.21. The molecule has 0 bridgehead atoms. The number of aryl methyl sites for hydroxylation is 1. The molecule has 0 aromatic heterocycles. The maximum Gasteiger partial charge on any atom is 0.222 e. The number of hydrogen-bond donors (Lipinski definition) is 2. The van der Waals surface area contributed by atoms with Crippen LogP contribution in [0.25, 0.3) is 0 Å². The van der Waals surface area contributed by atoms with Gasteiger partial charge in [0.2, 0.25) is 5.91 Å². The predicted octanol–water partition coefficient (Wildman–Crippen LogP) is 2.15. The highest BCUT2D eigenvalue weighted by molar-refractivity contribution is 5.78. The maximum absolute atomic E-state index is 13.7. The summed E-state index contributed by atoms with van der Waals surface area (Å²) in [6.45, 7) is 4.85. The van der Waals surface area contributed by atoms with Crippen molar-refractivity contribution in [3.63, 3.8) is 0 Å². The molecule has 116 valence electrons. The number of anilines is 1. The number of carbonyl (C=O) groups is 1. The van der Waals surface area contributed by atoms with Gasteiger partial charge in [-0.2, -0.15) is 0 Å². The van der Waals surface area contributed by atoms with Gasteiger partial charge in [0, 0.05) is 37.3 Å². The molecule has 1 aromatic rings. The Kier molecular flexibility index (Phi) is 4.83. The van der Waals surface area contributed by atoms with Gasteiger partial charge in [-0.05, 0) is 44.4 Å². The van der Waals surface area contributed by atoms with Gasteiger partial charge < -0.3 is 15.3 Å². The highest BCUT2D eigenvalue weighted by atomic mass is 19.1. The standard InChI is InChI=1S/C16H23FN2O2/c1-10-8-15(13(11(2)20)9-14(10)17)19-6-4-12(5-7-19)16(21)18-3/h8-9,11-12,20H,4-7H2,1-3H3,(H,18,21)/t11-/m1/s1. The van der Waals surface area contributed by atoms with E-state index < -0.39 is 6.10 Å². The summed E-state index contributed by atoms with van der Waals surface area (Å²) < 4.78 is 13.7. The highest BCUT2D eigenvalue weighted by Crippen LogP contribution is 2.32. The Morgan fingerprint density at radius 1 is 1.43 bits per heavy atom. The Morgan fingerprint density at radius 3 is 2.57 bits per heavy atom. The molecule has 1 saturated heterocycles. The minimum absolute atomic E-state index is 0.0443. The number of nitrogens with zero attached hydrogens (tertiary/aromatic N) is 1. The van der Waals surface area contributed by atoms with Crippen LogP contribution >= 0.6 is 0 Å². The van der Waals surface area contributed by atoms with E-state index in [0.29, 0.717) is 11.1 Å². The second kappa shape index (κ2) is 6.43. The van der Waals surface area contributed by atoms with Crippen LogP contribution in [0.2, 0.25) is 0 Å². The number of nitrogens with one attached hydrogen (secondary N) is 1. The molecule has 1 fully saturated rings. The number of rotatable bonds is 3. The molecule has 1 aromatic carbocycles. The average Bonchev–Trinajstić information content (AvgIpc) is 2.48. The molecule has 2 rings (SSSR count).